The van der Waals surface area contributed by atoms with Gasteiger partial charge >= 0.3 is 0 Å². The Kier molecular flexibility index (Phi) is 11.7. The molecule has 254 valence electrons. The van der Waals surface area contributed by atoms with Crippen LogP contribution in [0.3, 0.4) is 0 Å². The van der Waals surface area contributed by atoms with Crippen molar-refractivity contribution in [1.82, 2.24) is 10.9 Å². The third kappa shape index (κ3) is 9.06. The Labute approximate surface area is 287 Å². The van der Waals surface area contributed by atoms with Gasteiger partial charge in [0.25, 0.3) is 5.91 Å². The lowest BCUT2D eigenvalue weighted by molar-refractivity contribution is -0.130. The molecular weight excluding hydrogens is 616 g/mol. The van der Waals surface area contributed by atoms with Crippen molar-refractivity contribution in [2.75, 3.05) is 19.8 Å². The van der Waals surface area contributed by atoms with Gasteiger partial charge in [0.1, 0.15) is 5.75 Å². The SMILES string of the molecule is CC(C)(C)CCNNC(=O)[C@@]1(Cc2ccccc2CN=[N+]=[N-])N=C(c2ccc(OCCCO)cc2)O[C@H]1c1ccc(-c2ccccc2)cc1. The van der Waals surface area contributed by atoms with E-state index in [0.717, 1.165) is 34.2 Å². The summed E-state index contributed by atoms with van der Waals surface area (Å²) in [6, 6.07) is 33.1. The summed E-state index contributed by atoms with van der Waals surface area (Å²) in [5.74, 6) is 0.648. The summed E-state index contributed by atoms with van der Waals surface area (Å²) in [6.07, 6.45) is 0.778. The van der Waals surface area contributed by atoms with Gasteiger partial charge in [-0.05, 0) is 69.4 Å². The maximum atomic E-state index is 14.6. The number of aliphatic imine (C=N–C) groups is 1. The van der Waals surface area contributed by atoms with Gasteiger partial charge in [-0.2, -0.15) is 0 Å². The number of hydrogen-bond acceptors (Lipinski definition) is 7. The van der Waals surface area contributed by atoms with Crippen LogP contribution in [0.2, 0.25) is 0 Å². The Balaban J connectivity index is 1.58. The average molecular weight is 661 g/mol. The fourth-order valence-corrected chi connectivity index (χ4v) is 5.73. The van der Waals surface area contributed by atoms with Crippen molar-refractivity contribution >= 4 is 11.8 Å². The lowest BCUT2D eigenvalue weighted by atomic mass is 9.80. The molecule has 1 heterocycles. The number of hydrazine groups is 1. The van der Waals surface area contributed by atoms with E-state index in [2.05, 4.69) is 53.8 Å². The zero-order valence-corrected chi connectivity index (χ0v) is 28.3. The van der Waals surface area contributed by atoms with E-state index in [-0.39, 0.29) is 30.9 Å². The van der Waals surface area contributed by atoms with Crippen molar-refractivity contribution in [3.63, 3.8) is 0 Å². The molecule has 10 heteroatoms. The molecule has 0 radical (unpaired) electrons. The number of aliphatic hydroxyl groups is 1. The highest BCUT2D eigenvalue weighted by Gasteiger charge is 2.53. The summed E-state index contributed by atoms with van der Waals surface area (Å²) in [5.41, 5.74) is 19.1. The van der Waals surface area contributed by atoms with Crippen molar-refractivity contribution in [1.29, 1.82) is 0 Å². The van der Waals surface area contributed by atoms with E-state index in [1.807, 2.05) is 91.0 Å². The van der Waals surface area contributed by atoms with Gasteiger partial charge in [-0.15, -0.1) is 0 Å². The molecule has 4 aromatic carbocycles. The first-order valence-corrected chi connectivity index (χ1v) is 16.6. The zero-order valence-electron chi connectivity index (χ0n) is 28.3. The van der Waals surface area contributed by atoms with Gasteiger partial charge in [0.15, 0.2) is 11.6 Å². The van der Waals surface area contributed by atoms with Gasteiger partial charge in [-0.3, -0.25) is 10.2 Å². The van der Waals surface area contributed by atoms with Crippen LogP contribution in [0.4, 0.5) is 0 Å². The molecule has 1 aliphatic rings. The van der Waals surface area contributed by atoms with Crippen LogP contribution in [-0.4, -0.2) is 42.2 Å². The first-order valence-electron chi connectivity index (χ1n) is 16.6. The van der Waals surface area contributed by atoms with Gasteiger partial charge in [-0.25, -0.2) is 10.4 Å². The molecule has 1 amide bonds. The van der Waals surface area contributed by atoms with Crippen LogP contribution in [0, 0.1) is 5.41 Å². The molecule has 0 unspecified atom stereocenters. The van der Waals surface area contributed by atoms with Crippen LogP contribution in [0.1, 0.15) is 62.0 Å². The number of hydrogen-bond donors (Lipinski definition) is 3. The van der Waals surface area contributed by atoms with Gasteiger partial charge in [0.05, 0.1) is 13.2 Å². The molecule has 0 fully saturated rings. The fraction of sp³-hybridized carbons (Fsp3) is 0.333. The van der Waals surface area contributed by atoms with E-state index in [9.17, 15) is 4.79 Å². The Morgan fingerprint density at radius 3 is 2.27 bits per heavy atom. The average Bonchev–Trinajstić information content (AvgIpc) is 3.50. The molecule has 2 atom stereocenters. The highest BCUT2D eigenvalue weighted by Crippen LogP contribution is 2.43. The predicted octanol–water partition coefficient (Wildman–Crippen LogP) is 7.48. The van der Waals surface area contributed by atoms with Gasteiger partial charge in [-0.1, -0.05) is 105 Å². The van der Waals surface area contributed by atoms with E-state index in [4.69, 9.17) is 25.1 Å². The van der Waals surface area contributed by atoms with Crippen LogP contribution in [0.15, 0.2) is 113 Å². The standard InChI is InChI=1S/C39H44N6O4/c1-38(2,3)22-23-41-44-37(47)39(26-32-12-7-8-13-33(32)27-42-45-40)35(30-16-14-29(15-17-30)28-10-5-4-6-11-28)49-36(43-39)31-18-20-34(21-19-31)48-25-9-24-46/h4-8,10-21,35,41,46H,9,22-27H2,1-3H3,(H,44,47)/t35-,39-/m0/s1. The summed E-state index contributed by atoms with van der Waals surface area (Å²) in [7, 11) is 0. The summed E-state index contributed by atoms with van der Waals surface area (Å²) < 4.78 is 12.5. The number of azide groups is 1. The Bertz CT molecular complexity index is 1760. The number of carbonyl (C=O) groups is 1. The smallest absolute Gasteiger partial charge is 0.266 e. The van der Waals surface area contributed by atoms with E-state index in [1.165, 1.54) is 0 Å². The van der Waals surface area contributed by atoms with Crippen LogP contribution < -0.4 is 15.6 Å². The molecule has 1 aliphatic heterocycles. The molecule has 10 nitrogen and oxygen atoms in total. The summed E-state index contributed by atoms with van der Waals surface area (Å²) in [4.78, 5) is 22.7. The van der Waals surface area contributed by atoms with E-state index in [1.54, 1.807) is 0 Å². The number of ether oxygens (including phenoxy) is 2. The van der Waals surface area contributed by atoms with Crippen LogP contribution in [0.25, 0.3) is 21.6 Å². The highest BCUT2D eigenvalue weighted by molar-refractivity contribution is 6.01. The summed E-state index contributed by atoms with van der Waals surface area (Å²) in [5, 5.41) is 12.9. The van der Waals surface area contributed by atoms with Gasteiger partial charge in [0, 0.05) is 36.5 Å². The minimum Gasteiger partial charge on any atom is -0.494 e. The largest absolute Gasteiger partial charge is 0.494 e. The minimum atomic E-state index is -1.43. The second kappa shape index (κ2) is 16.3. The first kappa shape index (κ1) is 35.2. The summed E-state index contributed by atoms with van der Waals surface area (Å²) in [6.45, 7) is 7.62. The predicted molar refractivity (Wildman–Crippen MR) is 192 cm³/mol. The monoisotopic (exact) mass is 660 g/mol. The lowest BCUT2D eigenvalue weighted by Crippen LogP contribution is -2.54. The zero-order chi connectivity index (χ0) is 34.7. The lowest BCUT2D eigenvalue weighted by Gasteiger charge is -2.31. The molecule has 0 aromatic heterocycles. The number of aliphatic hydroxyl groups excluding tert-OH is 1. The maximum absolute atomic E-state index is 14.6. The quantitative estimate of drug-likeness (QED) is 0.0399. The Morgan fingerprint density at radius 1 is 0.939 bits per heavy atom. The third-order valence-electron chi connectivity index (χ3n) is 8.44. The molecular formula is C39H44N6O4. The molecule has 5 rings (SSSR count). The molecule has 0 aliphatic carbocycles. The van der Waals surface area contributed by atoms with Crippen LogP contribution in [-0.2, 0) is 22.5 Å². The second-order valence-electron chi connectivity index (χ2n) is 13.3. The molecule has 0 saturated carbocycles. The molecule has 0 saturated heterocycles. The second-order valence-corrected chi connectivity index (χ2v) is 13.3. The number of rotatable bonds is 15. The first-order chi connectivity index (χ1) is 23.7. The molecule has 49 heavy (non-hydrogen) atoms. The molecule has 4 aromatic rings. The van der Waals surface area contributed by atoms with Crippen molar-refractivity contribution < 1.29 is 19.4 Å². The van der Waals surface area contributed by atoms with E-state index >= 15 is 0 Å². The molecule has 0 spiro atoms. The number of nitrogens with one attached hydrogen (secondary N) is 2. The minimum absolute atomic E-state index is 0.0532. The Hall–Kier alpha value is -5.15. The van der Waals surface area contributed by atoms with Crippen molar-refractivity contribution in [3.05, 3.63) is 136 Å². The molecule has 0 bridgehead atoms. The number of carbonyl (C=O) groups excluding carboxylic acids is 1. The van der Waals surface area contributed by atoms with Crippen molar-refractivity contribution in [2.45, 2.75) is 58.2 Å². The fourth-order valence-electron chi connectivity index (χ4n) is 5.73. The topological polar surface area (TPSA) is 141 Å². The highest BCUT2D eigenvalue weighted by atomic mass is 16.5. The van der Waals surface area contributed by atoms with Crippen molar-refractivity contribution in [3.8, 4) is 16.9 Å². The van der Waals surface area contributed by atoms with Gasteiger partial charge < -0.3 is 14.6 Å². The number of amides is 1. The summed E-state index contributed by atoms with van der Waals surface area (Å²) >= 11 is 0. The molecule has 3 N–H and O–H groups in total. The van der Waals surface area contributed by atoms with Crippen molar-refractivity contribution in [2.24, 2.45) is 15.5 Å². The van der Waals surface area contributed by atoms with E-state index in [0.29, 0.717) is 36.8 Å². The number of benzene rings is 4. The normalized spacial score (nSPS) is 17.1. The maximum Gasteiger partial charge on any atom is 0.266 e. The Morgan fingerprint density at radius 2 is 1.59 bits per heavy atom. The van der Waals surface area contributed by atoms with E-state index < -0.39 is 11.6 Å². The third-order valence-corrected chi connectivity index (χ3v) is 8.44. The van der Waals surface area contributed by atoms with Crippen LogP contribution >= 0.6 is 0 Å². The van der Waals surface area contributed by atoms with Gasteiger partial charge in [0.2, 0.25) is 5.90 Å². The van der Waals surface area contributed by atoms with Crippen LogP contribution in [0.5, 0.6) is 5.75 Å². The number of nitrogens with zero attached hydrogens (tertiary/aromatic N) is 4.